The lowest BCUT2D eigenvalue weighted by molar-refractivity contribution is -0.274. The van der Waals surface area contributed by atoms with Crippen LogP contribution in [-0.4, -0.2) is 63.0 Å². The predicted molar refractivity (Wildman–Crippen MR) is 138 cm³/mol. The van der Waals surface area contributed by atoms with E-state index in [-0.39, 0.29) is 23.4 Å². The second-order valence-corrected chi connectivity index (χ2v) is 9.48. The largest absolute Gasteiger partial charge is 0.573 e. The number of fused-ring (bicyclic) bond motifs is 1. The molecule has 15 heteroatoms. The summed E-state index contributed by atoms with van der Waals surface area (Å²) in [4.78, 5) is 40.0. The van der Waals surface area contributed by atoms with Gasteiger partial charge < -0.3 is 30.0 Å². The molecule has 0 radical (unpaired) electrons. The molecule has 1 atom stereocenters. The maximum absolute atomic E-state index is 12.6. The molecule has 3 N–H and O–H groups in total. The fourth-order valence-corrected chi connectivity index (χ4v) is 3.52. The van der Waals surface area contributed by atoms with E-state index in [0.717, 1.165) is 18.2 Å². The average molecular weight is 580 g/mol. The molecule has 220 valence electrons. The van der Waals surface area contributed by atoms with Gasteiger partial charge in [0.15, 0.2) is 5.65 Å². The van der Waals surface area contributed by atoms with Gasteiger partial charge in [0.1, 0.15) is 30.6 Å². The summed E-state index contributed by atoms with van der Waals surface area (Å²) in [6.07, 6.45) is -4.64. The van der Waals surface area contributed by atoms with E-state index in [9.17, 15) is 32.7 Å². The molecule has 0 aliphatic heterocycles. The number of rotatable bonds is 10. The maximum Gasteiger partial charge on any atom is 0.573 e. The molecule has 3 rings (SSSR count). The first-order valence-electron chi connectivity index (χ1n) is 12.1. The van der Waals surface area contributed by atoms with Gasteiger partial charge >= 0.3 is 18.4 Å². The molecule has 0 saturated heterocycles. The van der Waals surface area contributed by atoms with Crippen LogP contribution >= 0.6 is 0 Å². The molecule has 0 aliphatic rings. The molecule has 0 saturated carbocycles. The first-order valence-corrected chi connectivity index (χ1v) is 12.1. The second kappa shape index (κ2) is 12.7. The van der Waals surface area contributed by atoms with Gasteiger partial charge in [-0.3, -0.25) is 9.59 Å². The molecular weight excluding hydrogens is 551 g/mol. The highest BCUT2D eigenvalue weighted by Crippen LogP contribution is 2.30. The van der Waals surface area contributed by atoms with Crippen LogP contribution in [0.15, 0.2) is 49.2 Å². The van der Waals surface area contributed by atoms with Crippen LogP contribution in [0.25, 0.3) is 16.7 Å². The molecule has 0 fully saturated rings. The number of hydrogen-bond donors (Lipinski definition) is 3. The van der Waals surface area contributed by atoms with E-state index in [1.807, 2.05) is 0 Å². The Morgan fingerprint density at radius 2 is 1.80 bits per heavy atom. The topological polar surface area (TPSA) is 154 Å². The van der Waals surface area contributed by atoms with Crippen LogP contribution in [0.3, 0.4) is 0 Å². The van der Waals surface area contributed by atoms with E-state index in [1.165, 1.54) is 29.1 Å². The summed E-state index contributed by atoms with van der Waals surface area (Å²) >= 11 is 0. The molecule has 3 aromatic rings. The summed E-state index contributed by atoms with van der Waals surface area (Å²) in [5.74, 6) is -1.78. The van der Waals surface area contributed by atoms with E-state index in [1.54, 1.807) is 20.8 Å². The molecule has 2 heterocycles. The Balaban J connectivity index is 1.85. The zero-order valence-corrected chi connectivity index (χ0v) is 22.3. The number of carbonyl (C=O) groups excluding carboxylic acids is 3. The van der Waals surface area contributed by atoms with Gasteiger partial charge in [-0.1, -0.05) is 6.58 Å². The smallest absolute Gasteiger partial charge is 0.461 e. The Labute approximate surface area is 232 Å². The van der Waals surface area contributed by atoms with Crippen molar-refractivity contribution in [3.8, 4) is 11.4 Å². The highest BCUT2D eigenvalue weighted by atomic mass is 19.4. The molecule has 2 aromatic heterocycles. The van der Waals surface area contributed by atoms with Gasteiger partial charge in [-0.2, -0.15) is 5.10 Å². The number of benzene rings is 1. The summed E-state index contributed by atoms with van der Waals surface area (Å²) in [6.45, 7) is 7.25. The molecule has 12 nitrogen and oxygen atoms in total. The monoisotopic (exact) mass is 579 g/mol. The zero-order chi connectivity index (χ0) is 30.4. The average Bonchev–Trinajstić information content (AvgIpc) is 3.26. The van der Waals surface area contributed by atoms with Crippen molar-refractivity contribution >= 4 is 29.0 Å². The maximum atomic E-state index is 12.6. The predicted octanol–water partition coefficient (Wildman–Crippen LogP) is 3.22. The molecule has 2 amide bonds. The van der Waals surface area contributed by atoms with Crippen molar-refractivity contribution < 1.29 is 46.9 Å². The number of alkyl carbamates (subject to hydrolysis) is 1. The van der Waals surface area contributed by atoms with Crippen LogP contribution in [0.2, 0.25) is 0 Å². The standard InChI is InChI=1S/C26H28F3N5O7/c1-5-20(36)31-12-18-22-17(19(35)14-39-21(37)13-32-24(38)41-25(2,3)4)10-11-30-23(22)34(33-18)15-6-8-16(9-7-15)40-26(27,28)29/h5-11,19,35H,1,12-14H2,2-4H3,(H,31,36)(H,32,38)/t19-/m1/s1. The Morgan fingerprint density at radius 1 is 1.12 bits per heavy atom. The summed E-state index contributed by atoms with van der Waals surface area (Å²) < 4.78 is 53.0. The molecule has 0 unspecified atom stereocenters. The summed E-state index contributed by atoms with van der Waals surface area (Å²) in [6, 6.07) is 6.30. The van der Waals surface area contributed by atoms with Crippen LogP contribution in [0.1, 0.15) is 38.1 Å². The molecule has 0 spiro atoms. The number of aromatic nitrogens is 3. The lowest BCUT2D eigenvalue weighted by Gasteiger charge is -2.19. The van der Waals surface area contributed by atoms with Crippen molar-refractivity contribution in [1.82, 2.24) is 25.4 Å². The van der Waals surface area contributed by atoms with Gasteiger partial charge in [0.2, 0.25) is 5.91 Å². The van der Waals surface area contributed by atoms with Crippen molar-refractivity contribution in [1.29, 1.82) is 0 Å². The minimum absolute atomic E-state index is 0.116. The number of pyridine rings is 1. The minimum atomic E-state index is -4.86. The van der Waals surface area contributed by atoms with Crippen LogP contribution in [0, 0.1) is 0 Å². The van der Waals surface area contributed by atoms with Gasteiger partial charge in [-0.25, -0.2) is 14.5 Å². The summed E-state index contributed by atoms with van der Waals surface area (Å²) in [5.41, 5.74) is 0.250. The van der Waals surface area contributed by atoms with Gasteiger partial charge in [0.05, 0.1) is 23.3 Å². The molecule has 1 aromatic carbocycles. The van der Waals surface area contributed by atoms with Gasteiger partial charge in [-0.15, -0.1) is 13.2 Å². The Hall–Kier alpha value is -4.66. The fraction of sp³-hybridized carbons (Fsp3) is 0.346. The normalized spacial score (nSPS) is 12.4. The van der Waals surface area contributed by atoms with Crippen molar-refractivity contribution in [3.05, 3.63) is 60.4 Å². The van der Waals surface area contributed by atoms with Crippen molar-refractivity contribution in [2.45, 2.75) is 45.4 Å². The summed E-state index contributed by atoms with van der Waals surface area (Å²) in [5, 5.41) is 20.5. The Kier molecular flexibility index (Phi) is 9.55. The summed E-state index contributed by atoms with van der Waals surface area (Å²) in [7, 11) is 0. The molecule has 0 aliphatic carbocycles. The lowest BCUT2D eigenvalue weighted by Crippen LogP contribution is -2.36. The number of esters is 1. The number of ether oxygens (including phenoxy) is 3. The van der Waals surface area contributed by atoms with Crippen LogP contribution in [0.5, 0.6) is 5.75 Å². The minimum Gasteiger partial charge on any atom is -0.461 e. The highest BCUT2D eigenvalue weighted by Gasteiger charge is 2.31. The SMILES string of the molecule is C=CC(=O)NCc1nn(-c2ccc(OC(F)(F)F)cc2)c2nccc([C@H](O)COC(=O)CNC(=O)OC(C)(C)C)c12. The molecular formula is C26H28F3N5O7. The number of nitrogens with one attached hydrogen (secondary N) is 2. The third-order valence-corrected chi connectivity index (χ3v) is 5.14. The lowest BCUT2D eigenvalue weighted by atomic mass is 10.1. The number of hydrogen-bond acceptors (Lipinski definition) is 9. The van der Waals surface area contributed by atoms with Gasteiger partial charge in [0, 0.05) is 6.20 Å². The van der Waals surface area contributed by atoms with Crippen LogP contribution < -0.4 is 15.4 Å². The van der Waals surface area contributed by atoms with E-state index in [4.69, 9.17) is 9.47 Å². The van der Waals surface area contributed by atoms with E-state index in [0.29, 0.717) is 11.1 Å². The number of alkyl halides is 3. The molecule has 41 heavy (non-hydrogen) atoms. The number of aliphatic hydroxyl groups is 1. The molecule has 0 bridgehead atoms. The number of carbonyl (C=O) groups is 3. The number of nitrogens with zero attached hydrogens (tertiary/aromatic N) is 3. The highest BCUT2D eigenvalue weighted by molar-refractivity contribution is 5.88. The third kappa shape index (κ3) is 8.93. The Morgan fingerprint density at radius 3 is 2.41 bits per heavy atom. The van der Waals surface area contributed by atoms with Crippen molar-refractivity contribution in [2.75, 3.05) is 13.2 Å². The number of amides is 2. The second-order valence-electron chi connectivity index (χ2n) is 9.48. The fourth-order valence-electron chi connectivity index (χ4n) is 3.52. The van der Waals surface area contributed by atoms with Crippen LogP contribution in [0.4, 0.5) is 18.0 Å². The zero-order valence-electron chi connectivity index (χ0n) is 22.3. The third-order valence-electron chi connectivity index (χ3n) is 5.14. The first-order chi connectivity index (χ1) is 19.2. The van der Waals surface area contributed by atoms with E-state index >= 15 is 0 Å². The van der Waals surface area contributed by atoms with Gasteiger partial charge in [-0.05, 0) is 62.7 Å². The quantitative estimate of drug-likeness (QED) is 0.243. The van der Waals surface area contributed by atoms with Crippen molar-refractivity contribution in [3.63, 3.8) is 0 Å². The first kappa shape index (κ1) is 30.9. The van der Waals surface area contributed by atoms with E-state index in [2.05, 4.69) is 32.0 Å². The van der Waals surface area contributed by atoms with Crippen LogP contribution in [-0.2, 0) is 25.6 Å². The van der Waals surface area contributed by atoms with Crippen molar-refractivity contribution in [2.24, 2.45) is 0 Å². The van der Waals surface area contributed by atoms with E-state index < -0.39 is 54.9 Å². The number of halogens is 3. The number of aliphatic hydroxyl groups excluding tert-OH is 1. The Bertz CT molecular complexity index is 1420. The van der Waals surface area contributed by atoms with Gasteiger partial charge in [0.25, 0.3) is 0 Å².